The summed E-state index contributed by atoms with van der Waals surface area (Å²) in [5, 5.41) is 14.5. The number of nitro groups is 1. The Morgan fingerprint density at radius 3 is 2.95 bits per heavy atom. The summed E-state index contributed by atoms with van der Waals surface area (Å²) in [6.45, 7) is 3.67. The number of piperidine rings is 1. The lowest BCUT2D eigenvalue weighted by atomic mass is 9.97. The van der Waals surface area contributed by atoms with Crippen LogP contribution in [0.1, 0.15) is 31.2 Å². The van der Waals surface area contributed by atoms with Crippen molar-refractivity contribution in [1.82, 2.24) is 5.32 Å². The average Bonchev–Trinajstić information content (AvgIpc) is 2.44. The van der Waals surface area contributed by atoms with Gasteiger partial charge in [0, 0.05) is 18.2 Å². The molecule has 0 aliphatic carbocycles. The maximum absolute atomic E-state index is 11.4. The van der Waals surface area contributed by atoms with Crippen LogP contribution in [0.15, 0.2) is 18.2 Å². The molecule has 0 bridgehead atoms. The first-order valence-corrected chi connectivity index (χ1v) is 7.30. The topological polar surface area (TPSA) is 58.4 Å². The molecule has 110 valence electrons. The van der Waals surface area contributed by atoms with Gasteiger partial charge in [0.05, 0.1) is 4.92 Å². The normalized spacial score (nSPS) is 19.1. The van der Waals surface area contributed by atoms with E-state index in [1.54, 1.807) is 0 Å². The van der Waals surface area contributed by atoms with Crippen LogP contribution in [0, 0.1) is 17.0 Å². The molecule has 1 atom stereocenters. The zero-order valence-corrected chi connectivity index (χ0v) is 12.3. The van der Waals surface area contributed by atoms with Gasteiger partial charge in [0.25, 0.3) is 5.69 Å². The number of rotatable bonds is 5. The highest BCUT2D eigenvalue weighted by Crippen LogP contribution is 2.35. The van der Waals surface area contributed by atoms with E-state index in [0.717, 1.165) is 43.6 Å². The smallest absolute Gasteiger partial charge is 0.295 e. The Morgan fingerprint density at radius 1 is 1.45 bits per heavy atom. The molecular formula is C15H23N3O2. The van der Waals surface area contributed by atoms with Crippen molar-refractivity contribution in [3.63, 3.8) is 0 Å². The van der Waals surface area contributed by atoms with Gasteiger partial charge in [-0.2, -0.15) is 0 Å². The Hall–Kier alpha value is -1.62. The fraction of sp³-hybridized carbons (Fsp3) is 0.600. The second-order valence-corrected chi connectivity index (χ2v) is 5.43. The molecule has 0 saturated carbocycles. The first kappa shape index (κ1) is 14.8. The fourth-order valence-electron chi connectivity index (χ4n) is 3.04. The fourth-order valence-corrected chi connectivity index (χ4v) is 3.04. The summed E-state index contributed by atoms with van der Waals surface area (Å²) >= 11 is 0. The molecule has 1 saturated heterocycles. The molecule has 1 aliphatic rings. The van der Waals surface area contributed by atoms with Crippen LogP contribution in [0.3, 0.4) is 0 Å². The molecule has 0 aromatic heterocycles. The molecule has 0 radical (unpaired) electrons. The molecule has 1 N–H and O–H groups in total. The minimum Gasteiger partial charge on any atom is -0.363 e. The highest BCUT2D eigenvalue weighted by atomic mass is 16.6. The van der Waals surface area contributed by atoms with Crippen LogP contribution in [-0.2, 0) is 0 Å². The van der Waals surface area contributed by atoms with E-state index in [2.05, 4.69) is 10.2 Å². The number of anilines is 1. The molecule has 1 unspecified atom stereocenters. The van der Waals surface area contributed by atoms with Gasteiger partial charge in [-0.3, -0.25) is 10.1 Å². The quantitative estimate of drug-likeness (QED) is 0.664. The lowest BCUT2D eigenvalue weighted by Crippen LogP contribution is -2.41. The molecule has 0 spiro atoms. The molecule has 2 rings (SSSR count). The van der Waals surface area contributed by atoms with Crippen LogP contribution in [0.5, 0.6) is 0 Å². The number of hydrogen-bond donors (Lipinski definition) is 1. The second kappa shape index (κ2) is 6.70. The van der Waals surface area contributed by atoms with E-state index in [1.807, 2.05) is 32.2 Å². The number of nitrogens with one attached hydrogen (secondary N) is 1. The van der Waals surface area contributed by atoms with E-state index >= 15 is 0 Å². The summed E-state index contributed by atoms with van der Waals surface area (Å²) in [7, 11) is 1.95. The van der Waals surface area contributed by atoms with Gasteiger partial charge in [0.2, 0.25) is 0 Å². The third-order valence-electron chi connectivity index (χ3n) is 4.06. The Bertz CT molecular complexity index is 476. The Balaban J connectivity index is 2.32. The molecule has 1 aromatic rings. The van der Waals surface area contributed by atoms with Gasteiger partial charge < -0.3 is 10.2 Å². The van der Waals surface area contributed by atoms with Crippen LogP contribution in [0.2, 0.25) is 0 Å². The average molecular weight is 277 g/mol. The van der Waals surface area contributed by atoms with Gasteiger partial charge >= 0.3 is 0 Å². The molecule has 20 heavy (non-hydrogen) atoms. The number of aryl methyl sites for hydroxylation is 1. The number of nitro benzene ring substituents is 1. The molecule has 5 nitrogen and oxygen atoms in total. The lowest BCUT2D eigenvalue weighted by molar-refractivity contribution is -0.384. The first-order valence-electron chi connectivity index (χ1n) is 7.30. The standard InChI is InChI=1S/C15H23N3O2/c1-12-6-5-8-14(15(12)18(19)20)17-11-4-3-7-13(17)9-10-16-2/h5-6,8,13,16H,3-4,7,9-11H2,1-2H3. The van der Waals surface area contributed by atoms with Gasteiger partial charge in [-0.25, -0.2) is 0 Å². The maximum Gasteiger partial charge on any atom is 0.295 e. The largest absolute Gasteiger partial charge is 0.363 e. The molecule has 1 heterocycles. The monoisotopic (exact) mass is 277 g/mol. The minimum atomic E-state index is -0.242. The van der Waals surface area contributed by atoms with Crippen molar-refractivity contribution >= 4 is 11.4 Å². The lowest BCUT2D eigenvalue weighted by Gasteiger charge is -2.37. The predicted molar refractivity (Wildman–Crippen MR) is 81.4 cm³/mol. The third kappa shape index (κ3) is 3.10. The van der Waals surface area contributed by atoms with E-state index in [4.69, 9.17) is 0 Å². The van der Waals surface area contributed by atoms with Gasteiger partial charge in [0.15, 0.2) is 0 Å². The van der Waals surface area contributed by atoms with Crippen molar-refractivity contribution in [2.75, 3.05) is 25.0 Å². The Morgan fingerprint density at radius 2 is 2.25 bits per heavy atom. The highest BCUT2D eigenvalue weighted by molar-refractivity contribution is 5.67. The van der Waals surface area contributed by atoms with Gasteiger partial charge in [-0.15, -0.1) is 0 Å². The Kier molecular flexibility index (Phi) is 4.95. The molecule has 5 heteroatoms. The number of benzene rings is 1. The summed E-state index contributed by atoms with van der Waals surface area (Å²) < 4.78 is 0. The first-order chi connectivity index (χ1) is 9.65. The number of nitrogens with zero attached hydrogens (tertiary/aromatic N) is 2. The van der Waals surface area contributed by atoms with E-state index in [9.17, 15) is 10.1 Å². The number of para-hydroxylation sites is 1. The highest BCUT2D eigenvalue weighted by Gasteiger charge is 2.28. The predicted octanol–water partition coefficient (Wildman–Crippen LogP) is 2.87. The van der Waals surface area contributed by atoms with Crippen molar-refractivity contribution in [3.05, 3.63) is 33.9 Å². The van der Waals surface area contributed by atoms with Gasteiger partial charge in [-0.05, 0) is 52.3 Å². The van der Waals surface area contributed by atoms with Crippen LogP contribution < -0.4 is 10.2 Å². The van der Waals surface area contributed by atoms with Crippen molar-refractivity contribution in [2.24, 2.45) is 0 Å². The summed E-state index contributed by atoms with van der Waals surface area (Å²) in [5.74, 6) is 0. The maximum atomic E-state index is 11.4. The van der Waals surface area contributed by atoms with Crippen molar-refractivity contribution in [3.8, 4) is 0 Å². The zero-order valence-electron chi connectivity index (χ0n) is 12.3. The summed E-state index contributed by atoms with van der Waals surface area (Å²) in [6, 6.07) is 6.02. The van der Waals surface area contributed by atoms with E-state index < -0.39 is 0 Å². The summed E-state index contributed by atoms with van der Waals surface area (Å²) in [4.78, 5) is 13.4. The van der Waals surface area contributed by atoms with Crippen molar-refractivity contribution in [1.29, 1.82) is 0 Å². The van der Waals surface area contributed by atoms with Crippen molar-refractivity contribution < 1.29 is 4.92 Å². The van der Waals surface area contributed by atoms with Crippen LogP contribution >= 0.6 is 0 Å². The van der Waals surface area contributed by atoms with Crippen molar-refractivity contribution in [2.45, 2.75) is 38.6 Å². The van der Waals surface area contributed by atoms with Crippen LogP contribution in [-0.4, -0.2) is 31.1 Å². The molecular weight excluding hydrogens is 254 g/mol. The van der Waals surface area contributed by atoms with Gasteiger partial charge in [-0.1, -0.05) is 12.1 Å². The molecule has 1 aromatic carbocycles. The summed E-state index contributed by atoms with van der Waals surface area (Å²) in [5.41, 5.74) is 1.80. The van der Waals surface area contributed by atoms with E-state index in [1.165, 1.54) is 6.42 Å². The van der Waals surface area contributed by atoms with Gasteiger partial charge in [0.1, 0.15) is 5.69 Å². The zero-order chi connectivity index (χ0) is 14.5. The summed E-state index contributed by atoms with van der Waals surface area (Å²) in [6.07, 6.45) is 4.47. The van der Waals surface area contributed by atoms with Crippen LogP contribution in [0.25, 0.3) is 0 Å². The molecule has 1 aliphatic heterocycles. The SMILES string of the molecule is CNCCC1CCCCN1c1cccc(C)c1[N+](=O)[O-]. The van der Waals surface area contributed by atoms with Crippen LogP contribution in [0.4, 0.5) is 11.4 Å². The van der Waals surface area contributed by atoms with E-state index in [-0.39, 0.29) is 10.6 Å². The third-order valence-corrected chi connectivity index (χ3v) is 4.06. The molecule has 1 fully saturated rings. The Labute approximate surface area is 120 Å². The minimum absolute atomic E-state index is 0.242. The second-order valence-electron chi connectivity index (χ2n) is 5.43. The van der Waals surface area contributed by atoms with E-state index in [0.29, 0.717) is 6.04 Å². The molecule has 0 amide bonds. The number of hydrogen-bond acceptors (Lipinski definition) is 4.